The minimum absolute atomic E-state index is 0.105. The van der Waals surface area contributed by atoms with Gasteiger partial charge < -0.3 is 0 Å². The van der Waals surface area contributed by atoms with Crippen molar-refractivity contribution in [1.29, 1.82) is 0 Å². The summed E-state index contributed by atoms with van der Waals surface area (Å²) in [6.45, 7) is 4.66. The Morgan fingerprint density at radius 3 is 2.89 bits per heavy atom. The highest BCUT2D eigenvalue weighted by Crippen LogP contribution is 2.26. The van der Waals surface area contributed by atoms with Crippen LogP contribution in [0.4, 0.5) is 0 Å². The predicted molar refractivity (Wildman–Crippen MR) is 79.8 cm³/mol. The lowest BCUT2D eigenvalue weighted by Gasteiger charge is -2.09. The number of aryl methyl sites for hydroxylation is 2. The maximum absolute atomic E-state index is 12.6. The van der Waals surface area contributed by atoms with E-state index < -0.39 is 0 Å². The van der Waals surface area contributed by atoms with Crippen molar-refractivity contribution in [1.82, 2.24) is 9.78 Å². The number of aromatic nitrogens is 2. The second kappa shape index (κ2) is 5.88. The van der Waals surface area contributed by atoms with Gasteiger partial charge in [0.05, 0.1) is 11.2 Å². The number of carbonyl (C=O) groups excluding carboxylic acids is 1. The van der Waals surface area contributed by atoms with Crippen LogP contribution in [-0.4, -0.2) is 15.6 Å². The highest BCUT2D eigenvalue weighted by atomic mass is 79.9. The Hall–Kier alpha value is -1.13. The third kappa shape index (κ3) is 2.74. The average Bonchev–Trinajstić information content (AvgIpc) is 2.74. The number of halogens is 2. The van der Waals surface area contributed by atoms with Gasteiger partial charge in [0.1, 0.15) is 5.69 Å². The molecule has 0 N–H and O–H groups in total. The van der Waals surface area contributed by atoms with Crippen LogP contribution in [0.1, 0.15) is 35.0 Å². The minimum atomic E-state index is -0.105. The van der Waals surface area contributed by atoms with Crippen molar-refractivity contribution in [2.45, 2.75) is 26.8 Å². The Kier molecular flexibility index (Phi) is 4.42. The molecule has 0 spiro atoms. The molecule has 1 heterocycles. The Morgan fingerprint density at radius 2 is 2.21 bits per heavy atom. The Labute approximate surface area is 125 Å². The van der Waals surface area contributed by atoms with Gasteiger partial charge in [0.2, 0.25) is 5.78 Å². The molecule has 19 heavy (non-hydrogen) atoms. The molecule has 0 amide bonds. The van der Waals surface area contributed by atoms with Gasteiger partial charge in [-0.2, -0.15) is 5.10 Å². The molecule has 1 aromatic heterocycles. The van der Waals surface area contributed by atoms with Crippen molar-refractivity contribution in [2.24, 2.45) is 0 Å². The van der Waals surface area contributed by atoms with Crippen molar-refractivity contribution in [2.75, 3.05) is 0 Å². The maximum atomic E-state index is 12.6. The number of ketones is 1. The van der Waals surface area contributed by atoms with Crippen molar-refractivity contribution >= 4 is 33.3 Å². The summed E-state index contributed by atoms with van der Waals surface area (Å²) in [5.41, 5.74) is 2.08. The van der Waals surface area contributed by atoms with Gasteiger partial charge in [0.25, 0.3) is 0 Å². The first-order valence-electron chi connectivity index (χ1n) is 6.07. The first-order chi connectivity index (χ1) is 9.06. The number of hydrogen-bond donors (Lipinski definition) is 0. The Bertz CT molecular complexity index is 622. The van der Waals surface area contributed by atoms with Crippen LogP contribution in [0.2, 0.25) is 5.02 Å². The first kappa shape index (κ1) is 14.3. The van der Waals surface area contributed by atoms with Gasteiger partial charge >= 0.3 is 0 Å². The smallest absolute Gasteiger partial charge is 0.213 e. The lowest BCUT2D eigenvalue weighted by atomic mass is 10.1. The second-order valence-corrected chi connectivity index (χ2v) is 5.53. The minimum Gasteiger partial charge on any atom is -0.287 e. The summed E-state index contributed by atoms with van der Waals surface area (Å²) in [5, 5.41) is 4.55. The quantitative estimate of drug-likeness (QED) is 0.779. The van der Waals surface area contributed by atoms with Crippen molar-refractivity contribution in [3.8, 4) is 0 Å². The van der Waals surface area contributed by atoms with E-state index in [4.69, 9.17) is 11.6 Å². The molecule has 0 unspecified atom stereocenters. The summed E-state index contributed by atoms with van der Waals surface area (Å²) < 4.78 is 2.47. The van der Waals surface area contributed by atoms with E-state index in [1.165, 1.54) is 6.20 Å². The van der Waals surface area contributed by atoms with E-state index in [0.29, 0.717) is 22.8 Å². The molecule has 0 atom stereocenters. The predicted octanol–water partition coefficient (Wildman–Crippen LogP) is 4.25. The summed E-state index contributed by atoms with van der Waals surface area (Å²) in [7, 11) is 0. The van der Waals surface area contributed by atoms with Crippen LogP contribution in [0, 0.1) is 6.92 Å². The Balaban J connectivity index is 2.50. The van der Waals surface area contributed by atoms with Crippen LogP contribution >= 0.6 is 27.5 Å². The van der Waals surface area contributed by atoms with Crippen molar-refractivity contribution in [3.05, 3.63) is 50.7 Å². The SMILES string of the molecule is CCCn1ncc(Cl)c1C(=O)c1cccc(C)c1Br. The van der Waals surface area contributed by atoms with Crippen LogP contribution < -0.4 is 0 Å². The molecule has 0 radical (unpaired) electrons. The summed E-state index contributed by atoms with van der Waals surface area (Å²) in [6, 6.07) is 5.60. The number of hydrogen-bond acceptors (Lipinski definition) is 2. The fraction of sp³-hybridized carbons (Fsp3) is 0.286. The van der Waals surface area contributed by atoms with E-state index in [1.807, 2.05) is 26.0 Å². The van der Waals surface area contributed by atoms with Crippen LogP contribution in [0.25, 0.3) is 0 Å². The molecule has 2 aromatic rings. The van der Waals surface area contributed by atoms with Gasteiger partial charge in [-0.15, -0.1) is 0 Å². The molecule has 2 rings (SSSR count). The number of nitrogens with zero attached hydrogens (tertiary/aromatic N) is 2. The molecule has 0 saturated carbocycles. The average molecular weight is 342 g/mol. The van der Waals surface area contributed by atoms with Gasteiger partial charge in [-0.25, -0.2) is 0 Å². The fourth-order valence-corrected chi connectivity index (χ4v) is 2.59. The zero-order valence-electron chi connectivity index (χ0n) is 10.8. The summed E-state index contributed by atoms with van der Waals surface area (Å²) in [4.78, 5) is 12.6. The normalized spacial score (nSPS) is 10.7. The van der Waals surface area contributed by atoms with E-state index in [0.717, 1.165) is 16.5 Å². The van der Waals surface area contributed by atoms with Gasteiger partial charge in [-0.05, 0) is 40.9 Å². The fourth-order valence-electron chi connectivity index (χ4n) is 1.92. The molecule has 0 aliphatic carbocycles. The number of carbonyl (C=O) groups is 1. The third-order valence-corrected chi connectivity index (χ3v) is 4.21. The lowest BCUT2D eigenvalue weighted by molar-refractivity contribution is 0.102. The molecule has 100 valence electrons. The van der Waals surface area contributed by atoms with E-state index in [9.17, 15) is 4.79 Å². The van der Waals surface area contributed by atoms with E-state index in [2.05, 4.69) is 21.0 Å². The van der Waals surface area contributed by atoms with Crippen LogP contribution in [0.15, 0.2) is 28.9 Å². The number of benzene rings is 1. The molecule has 0 saturated heterocycles. The van der Waals surface area contributed by atoms with E-state index in [1.54, 1.807) is 10.7 Å². The lowest BCUT2D eigenvalue weighted by Crippen LogP contribution is -2.12. The molecule has 1 aromatic carbocycles. The molecule has 0 fully saturated rings. The zero-order valence-corrected chi connectivity index (χ0v) is 13.1. The molecule has 0 bridgehead atoms. The molecule has 0 aliphatic heterocycles. The van der Waals surface area contributed by atoms with Crippen molar-refractivity contribution in [3.63, 3.8) is 0 Å². The largest absolute Gasteiger partial charge is 0.287 e. The van der Waals surface area contributed by atoms with Gasteiger partial charge in [0, 0.05) is 16.6 Å². The van der Waals surface area contributed by atoms with Gasteiger partial charge in [-0.3, -0.25) is 9.48 Å². The highest BCUT2D eigenvalue weighted by Gasteiger charge is 2.21. The Morgan fingerprint density at radius 1 is 1.47 bits per heavy atom. The molecule has 3 nitrogen and oxygen atoms in total. The van der Waals surface area contributed by atoms with Gasteiger partial charge in [-0.1, -0.05) is 30.7 Å². The summed E-state index contributed by atoms with van der Waals surface area (Å²) in [6.07, 6.45) is 2.42. The summed E-state index contributed by atoms with van der Waals surface area (Å²) >= 11 is 9.56. The van der Waals surface area contributed by atoms with E-state index >= 15 is 0 Å². The molecule has 0 aliphatic rings. The van der Waals surface area contributed by atoms with Crippen molar-refractivity contribution < 1.29 is 4.79 Å². The number of rotatable bonds is 4. The summed E-state index contributed by atoms with van der Waals surface area (Å²) in [5.74, 6) is -0.105. The van der Waals surface area contributed by atoms with Crippen LogP contribution in [-0.2, 0) is 6.54 Å². The molecule has 5 heteroatoms. The first-order valence-corrected chi connectivity index (χ1v) is 7.24. The second-order valence-electron chi connectivity index (χ2n) is 4.33. The molecular weight excluding hydrogens is 328 g/mol. The van der Waals surface area contributed by atoms with Crippen LogP contribution in [0.5, 0.6) is 0 Å². The molecular formula is C14H14BrClN2O. The van der Waals surface area contributed by atoms with Crippen LogP contribution in [0.3, 0.4) is 0 Å². The maximum Gasteiger partial charge on any atom is 0.213 e. The third-order valence-electron chi connectivity index (χ3n) is 2.88. The van der Waals surface area contributed by atoms with E-state index in [-0.39, 0.29) is 5.78 Å². The topological polar surface area (TPSA) is 34.9 Å². The highest BCUT2D eigenvalue weighted by molar-refractivity contribution is 9.10. The van der Waals surface area contributed by atoms with Gasteiger partial charge in [0.15, 0.2) is 0 Å². The zero-order chi connectivity index (χ0) is 14.0. The monoisotopic (exact) mass is 340 g/mol. The standard InChI is InChI=1S/C14H14BrClN2O/c1-3-7-18-13(11(16)8-17-18)14(19)10-6-4-5-9(2)12(10)15/h4-6,8H,3,7H2,1-2H3.